The zero-order chi connectivity index (χ0) is 21.5. The molecule has 1 saturated heterocycles. The van der Waals surface area contributed by atoms with Gasteiger partial charge >= 0.3 is 0 Å². The van der Waals surface area contributed by atoms with Gasteiger partial charge in [0.1, 0.15) is 5.52 Å². The molecule has 158 valence electrons. The molecular formula is C23H21ClN4O3. The summed E-state index contributed by atoms with van der Waals surface area (Å²) in [5, 5.41) is 6.12. The fourth-order valence-corrected chi connectivity index (χ4v) is 4.35. The van der Waals surface area contributed by atoms with Crippen molar-refractivity contribution in [3.05, 3.63) is 69.4 Å². The van der Waals surface area contributed by atoms with Crippen LogP contribution < -0.4 is 5.56 Å². The molecule has 1 fully saturated rings. The molecule has 0 unspecified atom stereocenters. The number of hydrogen-bond acceptors (Lipinski definition) is 5. The lowest BCUT2D eigenvalue weighted by Gasteiger charge is -2.30. The van der Waals surface area contributed by atoms with E-state index in [0.717, 1.165) is 23.9 Å². The van der Waals surface area contributed by atoms with E-state index in [-0.39, 0.29) is 17.4 Å². The zero-order valence-electron chi connectivity index (χ0n) is 17.0. The smallest absolute Gasteiger partial charge is 0.274 e. The SMILES string of the molecule is CCn1nc(C(=O)N2CCC(c3nc4cc(Cl)ccc4o3)CC2)c2ccccc2c1=O. The Morgan fingerprint density at radius 1 is 1.16 bits per heavy atom. The monoisotopic (exact) mass is 436 g/mol. The van der Waals surface area contributed by atoms with Crippen LogP contribution in [0.15, 0.2) is 51.7 Å². The number of halogens is 1. The second kappa shape index (κ2) is 7.81. The van der Waals surface area contributed by atoms with Crippen LogP contribution in [0.25, 0.3) is 21.9 Å². The summed E-state index contributed by atoms with van der Waals surface area (Å²) in [4.78, 5) is 32.3. The van der Waals surface area contributed by atoms with E-state index in [2.05, 4.69) is 10.1 Å². The molecule has 0 bridgehead atoms. The highest BCUT2D eigenvalue weighted by Crippen LogP contribution is 2.31. The van der Waals surface area contributed by atoms with Gasteiger partial charge in [-0.05, 0) is 44.0 Å². The van der Waals surface area contributed by atoms with Gasteiger partial charge in [0.25, 0.3) is 11.5 Å². The van der Waals surface area contributed by atoms with Crippen LogP contribution in [0.3, 0.4) is 0 Å². The fourth-order valence-electron chi connectivity index (χ4n) is 4.18. The van der Waals surface area contributed by atoms with E-state index in [9.17, 15) is 9.59 Å². The molecule has 0 atom stereocenters. The first-order valence-electron chi connectivity index (χ1n) is 10.4. The Balaban J connectivity index is 1.39. The van der Waals surface area contributed by atoms with E-state index < -0.39 is 0 Å². The van der Waals surface area contributed by atoms with Crippen molar-refractivity contribution in [2.75, 3.05) is 13.1 Å². The van der Waals surface area contributed by atoms with Gasteiger partial charge in [0.15, 0.2) is 17.2 Å². The number of aryl methyl sites for hydroxylation is 1. The minimum absolute atomic E-state index is 0.143. The highest BCUT2D eigenvalue weighted by atomic mass is 35.5. The van der Waals surface area contributed by atoms with Crippen LogP contribution in [-0.2, 0) is 6.54 Å². The molecule has 0 saturated carbocycles. The molecule has 0 N–H and O–H groups in total. The molecule has 7 nitrogen and oxygen atoms in total. The van der Waals surface area contributed by atoms with Crippen LogP contribution in [-0.4, -0.2) is 38.7 Å². The third-order valence-corrected chi connectivity index (χ3v) is 6.10. The molecule has 0 aliphatic carbocycles. The normalized spacial score (nSPS) is 15.1. The Kier molecular flexibility index (Phi) is 4.98. The van der Waals surface area contributed by atoms with Crippen molar-refractivity contribution < 1.29 is 9.21 Å². The van der Waals surface area contributed by atoms with Gasteiger partial charge in [-0.2, -0.15) is 5.10 Å². The van der Waals surface area contributed by atoms with E-state index in [1.165, 1.54) is 4.68 Å². The second-order valence-electron chi connectivity index (χ2n) is 7.75. The maximum Gasteiger partial charge on any atom is 0.274 e. The summed E-state index contributed by atoms with van der Waals surface area (Å²) in [7, 11) is 0. The Morgan fingerprint density at radius 3 is 2.65 bits per heavy atom. The van der Waals surface area contributed by atoms with Gasteiger partial charge in [0, 0.05) is 36.0 Å². The second-order valence-corrected chi connectivity index (χ2v) is 8.18. The number of aromatic nitrogens is 3. The fraction of sp³-hybridized carbons (Fsp3) is 0.304. The van der Waals surface area contributed by atoms with E-state index in [0.29, 0.717) is 47.0 Å². The third kappa shape index (κ3) is 3.49. The predicted molar refractivity (Wildman–Crippen MR) is 119 cm³/mol. The number of carbonyl (C=O) groups is 1. The average molecular weight is 437 g/mol. The minimum atomic E-state index is -0.176. The molecule has 0 spiro atoms. The molecule has 2 aromatic carbocycles. The molecule has 3 heterocycles. The number of oxazole rings is 1. The number of benzene rings is 2. The first-order valence-corrected chi connectivity index (χ1v) is 10.8. The van der Waals surface area contributed by atoms with Crippen LogP contribution in [0, 0.1) is 0 Å². The molecule has 5 rings (SSSR count). The first-order chi connectivity index (χ1) is 15.0. The largest absolute Gasteiger partial charge is 0.440 e. The molecule has 31 heavy (non-hydrogen) atoms. The van der Waals surface area contributed by atoms with Gasteiger partial charge in [0.05, 0.1) is 5.39 Å². The number of likely N-dealkylation sites (tertiary alicyclic amines) is 1. The summed E-state index contributed by atoms with van der Waals surface area (Å²) < 4.78 is 7.27. The van der Waals surface area contributed by atoms with Gasteiger partial charge in [-0.25, -0.2) is 9.67 Å². The van der Waals surface area contributed by atoms with Crippen molar-refractivity contribution in [3.63, 3.8) is 0 Å². The topological polar surface area (TPSA) is 81.2 Å². The van der Waals surface area contributed by atoms with E-state index in [4.69, 9.17) is 16.0 Å². The van der Waals surface area contributed by atoms with Crippen molar-refractivity contribution in [2.45, 2.75) is 32.2 Å². The molecule has 1 aliphatic rings. The molecule has 1 amide bonds. The number of rotatable bonds is 3. The predicted octanol–water partition coefficient (Wildman–Crippen LogP) is 4.23. The third-order valence-electron chi connectivity index (χ3n) is 5.87. The number of hydrogen-bond donors (Lipinski definition) is 0. The number of carbonyl (C=O) groups excluding carboxylic acids is 1. The Labute approximate surface area is 183 Å². The van der Waals surface area contributed by atoms with Crippen LogP contribution >= 0.6 is 11.6 Å². The summed E-state index contributed by atoms with van der Waals surface area (Å²) in [5.41, 5.74) is 1.62. The Hall–Kier alpha value is -3.19. The van der Waals surface area contributed by atoms with Crippen LogP contribution in [0.1, 0.15) is 42.1 Å². The van der Waals surface area contributed by atoms with Crippen LogP contribution in [0.5, 0.6) is 0 Å². The van der Waals surface area contributed by atoms with E-state index >= 15 is 0 Å². The first kappa shape index (κ1) is 19.8. The molecule has 8 heteroatoms. The van der Waals surface area contributed by atoms with Crippen molar-refractivity contribution in [1.82, 2.24) is 19.7 Å². The van der Waals surface area contributed by atoms with Gasteiger partial charge in [-0.3, -0.25) is 9.59 Å². The van der Waals surface area contributed by atoms with Gasteiger partial charge in [0.2, 0.25) is 0 Å². The lowest BCUT2D eigenvalue weighted by Crippen LogP contribution is -2.39. The standard InChI is InChI=1S/C23H21ClN4O3/c1-2-28-22(29)17-6-4-3-5-16(17)20(26-28)23(30)27-11-9-14(10-12-27)21-25-18-13-15(24)7-8-19(18)31-21/h3-8,13-14H,2,9-12H2,1H3. The highest BCUT2D eigenvalue weighted by molar-refractivity contribution is 6.31. The van der Waals surface area contributed by atoms with Crippen molar-refractivity contribution in [2.24, 2.45) is 0 Å². The minimum Gasteiger partial charge on any atom is -0.440 e. The van der Waals surface area contributed by atoms with E-state index in [1.54, 1.807) is 35.2 Å². The number of piperidine rings is 1. The van der Waals surface area contributed by atoms with Crippen molar-refractivity contribution in [1.29, 1.82) is 0 Å². The van der Waals surface area contributed by atoms with Crippen molar-refractivity contribution in [3.8, 4) is 0 Å². The molecule has 0 radical (unpaired) electrons. The van der Waals surface area contributed by atoms with Gasteiger partial charge < -0.3 is 9.32 Å². The molecule has 4 aromatic rings. The summed E-state index contributed by atoms with van der Waals surface area (Å²) in [6, 6.07) is 12.6. The molecule has 2 aromatic heterocycles. The quantitative estimate of drug-likeness (QED) is 0.480. The van der Waals surface area contributed by atoms with Crippen LogP contribution in [0.4, 0.5) is 0 Å². The summed E-state index contributed by atoms with van der Waals surface area (Å²) in [6.45, 7) is 3.40. The van der Waals surface area contributed by atoms with Gasteiger partial charge in [-0.1, -0.05) is 29.8 Å². The maximum absolute atomic E-state index is 13.3. The lowest BCUT2D eigenvalue weighted by atomic mass is 9.96. The van der Waals surface area contributed by atoms with Gasteiger partial charge in [-0.15, -0.1) is 0 Å². The van der Waals surface area contributed by atoms with Crippen LogP contribution in [0.2, 0.25) is 5.02 Å². The average Bonchev–Trinajstić information content (AvgIpc) is 3.22. The maximum atomic E-state index is 13.3. The van der Waals surface area contributed by atoms with Crippen molar-refractivity contribution >= 4 is 39.4 Å². The Morgan fingerprint density at radius 2 is 1.90 bits per heavy atom. The zero-order valence-corrected chi connectivity index (χ0v) is 17.8. The number of nitrogens with zero attached hydrogens (tertiary/aromatic N) is 4. The number of amides is 1. The summed E-state index contributed by atoms with van der Waals surface area (Å²) in [5.74, 6) is 0.679. The van der Waals surface area contributed by atoms with E-state index in [1.807, 2.05) is 19.1 Å². The lowest BCUT2D eigenvalue weighted by molar-refractivity contribution is 0.0700. The molecule has 1 aliphatic heterocycles. The summed E-state index contributed by atoms with van der Waals surface area (Å²) in [6.07, 6.45) is 1.50. The molecular weight excluding hydrogens is 416 g/mol. The highest BCUT2D eigenvalue weighted by Gasteiger charge is 2.29. The Bertz CT molecular complexity index is 1350. The summed E-state index contributed by atoms with van der Waals surface area (Å²) >= 11 is 6.05. The number of fused-ring (bicyclic) bond motifs is 2.